The molecule has 0 radical (unpaired) electrons. The summed E-state index contributed by atoms with van der Waals surface area (Å²) in [6.45, 7) is 0. The zero-order valence-electron chi connectivity index (χ0n) is 17.0. The van der Waals surface area contributed by atoms with Crippen molar-refractivity contribution in [1.29, 1.82) is 0 Å². The number of aromatic nitrogens is 1. The van der Waals surface area contributed by atoms with Crippen LogP contribution in [0.1, 0.15) is 17.2 Å². The van der Waals surface area contributed by atoms with Crippen molar-refractivity contribution in [2.24, 2.45) is 0 Å². The number of anilines is 1. The fourth-order valence-corrected chi connectivity index (χ4v) is 3.66. The van der Waals surface area contributed by atoms with Gasteiger partial charge in [-0.05, 0) is 24.3 Å². The molecular weight excluding hydrogens is 396 g/mol. The molecule has 7 heteroatoms. The van der Waals surface area contributed by atoms with Gasteiger partial charge in [-0.15, -0.1) is 0 Å². The van der Waals surface area contributed by atoms with Crippen LogP contribution in [-0.2, 0) is 9.59 Å². The zero-order chi connectivity index (χ0) is 22.0. The lowest BCUT2D eigenvalue weighted by atomic mass is 9.94. The van der Waals surface area contributed by atoms with Crippen LogP contribution < -0.4 is 14.4 Å². The first-order valence-electron chi connectivity index (χ1n) is 9.56. The summed E-state index contributed by atoms with van der Waals surface area (Å²) in [6, 6.07) is 17.9. The molecule has 0 bridgehead atoms. The number of rotatable bonds is 5. The Balaban J connectivity index is 1.99. The Bertz CT molecular complexity index is 1160. The van der Waals surface area contributed by atoms with E-state index < -0.39 is 17.7 Å². The van der Waals surface area contributed by atoms with Crippen LogP contribution in [0.2, 0.25) is 0 Å². The lowest BCUT2D eigenvalue weighted by Gasteiger charge is -2.26. The molecule has 2 heterocycles. The van der Waals surface area contributed by atoms with Crippen LogP contribution in [0.3, 0.4) is 0 Å². The Labute approximate surface area is 179 Å². The number of methoxy groups -OCH3 is 2. The normalized spacial score (nSPS) is 17.6. The molecule has 1 N–H and O–H groups in total. The van der Waals surface area contributed by atoms with E-state index in [1.807, 2.05) is 0 Å². The Kier molecular flexibility index (Phi) is 5.41. The topological polar surface area (TPSA) is 89.0 Å². The molecule has 0 saturated carbocycles. The molecule has 7 nitrogen and oxygen atoms in total. The van der Waals surface area contributed by atoms with E-state index in [2.05, 4.69) is 4.98 Å². The van der Waals surface area contributed by atoms with Crippen LogP contribution in [0.5, 0.6) is 11.5 Å². The number of aliphatic hydroxyl groups is 1. The maximum absolute atomic E-state index is 13.1. The molecule has 156 valence electrons. The number of carbonyl (C=O) groups excluding carboxylic acids is 2. The molecule has 31 heavy (non-hydrogen) atoms. The first-order valence-corrected chi connectivity index (χ1v) is 9.56. The summed E-state index contributed by atoms with van der Waals surface area (Å²) in [4.78, 5) is 31.7. The first-order chi connectivity index (χ1) is 15.1. The van der Waals surface area contributed by atoms with Crippen LogP contribution in [0.4, 0.5) is 5.82 Å². The summed E-state index contributed by atoms with van der Waals surface area (Å²) in [5.74, 6) is -0.585. The quantitative estimate of drug-likeness (QED) is 0.387. The van der Waals surface area contributed by atoms with E-state index in [0.29, 0.717) is 28.4 Å². The highest BCUT2D eigenvalue weighted by molar-refractivity contribution is 6.51. The molecule has 1 aliphatic rings. The van der Waals surface area contributed by atoms with Crippen molar-refractivity contribution < 1.29 is 24.2 Å². The molecule has 0 unspecified atom stereocenters. The van der Waals surface area contributed by atoms with E-state index in [4.69, 9.17) is 9.47 Å². The minimum Gasteiger partial charge on any atom is -0.507 e. The van der Waals surface area contributed by atoms with Gasteiger partial charge in [0.05, 0.1) is 19.8 Å². The maximum Gasteiger partial charge on any atom is 0.301 e. The van der Waals surface area contributed by atoms with Gasteiger partial charge in [0.15, 0.2) is 0 Å². The largest absolute Gasteiger partial charge is 0.507 e. The minimum absolute atomic E-state index is 0.0367. The van der Waals surface area contributed by atoms with E-state index >= 15 is 0 Å². The number of nitrogens with zero attached hydrogens (tertiary/aromatic N) is 2. The number of ether oxygens (including phenoxy) is 2. The number of amides is 1. The van der Waals surface area contributed by atoms with Crippen molar-refractivity contribution in [3.63, 3.8) is 0 Å². The maximum atomic E-state index is 13.1. The fourth-order valence-electron chi connectivity index (χ4n) is 3.66. The summed E-state index contributed by atoms with van der Waals surface area (Å²) in [7, 11) is 3.02. The van der Waals surface area contributed by atoms with E-state index in [1.54, 1.807) is 66.7 Å². The van der Waals surface area contributed by atoms with Gasteiger partial charge >= 0.3 is 5.91 Å². The second-order valence-electron chi connectivity index (χ2n) is 6.83. The van der Waals surface area contributed by atoms with Crippen LogP contribution >= 0.6 is 0 Å². The van der Waals surface area contributed by atoms with Gasteiger partial charge in [-0.3, -0.25) is 14.5 Å². The molecule has 1 aromatic heterocycles. The lowest BCUT2D eigenvalue weighted by molar-refractivity contribution is -0.132. The average Bonchev–Trinajstić information content (AvgIpc) is 3.09. The van der Waals surface area contributed by atoms with Crippen LogP contribution in [0, 0.1) is 0 Å². The fraction of sp³-hybridized carbons (Fsp3) is 0.125. The third kappa shape index (κ3) is 3.50. The highest BCUT2D eigenvalue weighted by Gasteiger charge is 2.48. The number of benzene rings is 2. The van der Waals surface area contributed by atoms with Gasteiger partial charge in [-0.1, -0.05) is 36.4 Å². The summed E-state index contributed by atoms with van der Waals surface area (Å²) < 4.78 is 10.8. The molecule has 1 fully saturated rings. The molecular formula is C24H20N2O5. The molecule has 1 atom stereocenters. The van der Waals surface area contributed by atoms with Gasteiger partial charge in [0.1, 0.15) is 29.1 Å². The summed E-state index contributed by atoms with van der Waals surface area (Å²) in [6.07, 6.45) is 1.54. The standard InChI is InChI=1S/C24H20N2O5/c1-30-16-11-12-17(18(14-16)31-2)21-20(22(27)15-8-4-3-5-9-15)23(28)24(29)26(21)19-10-6-7-13-25-19/h3-14,21,27H,1-2H3/b22-20+/t21-/m0/s1. The molecule has 1 aliphatic heterocycles. The van der Waals surface area contributed by atoms with Crippen LogP contribution in [0.25, 0.3) is 5.76 Å². The van der Waals surface area contributed by atoms with Crippen molar-refractivity contribution in [3.8, 4) is 11.5 Å². The lowest BCUT2D eigenvalue weighted by Crippen LogP contribution is -2.30. The third-order valence-corrected chi connectivity index (χ3v) is 5.12. The van der Waals surface area contributed by atoms with Gasteiger partial charge in [0.2, 0.25) is 0 Å². The predicted molar refractivity (Wildman–Crippen MR) is 115 cm³/mol. The summed E-state index contributed by atoms with van der Waals surface area (Å²) >= 11 is 0. The smallest absolute Gasteiger partial charge is 0.301 e. The predicted octanol–water partition coefficient (Wildman–Crippen LogP) is 3.73. The number of Topliss-reactive ketones (excluding diaryl/α,β-unsaturated/α-hetero) is 1. The average molecular weight is 416 g/mol. The second-order valence-corrected chi connectivity index (χ2v) is 6.83. The van der Waals surface area contributed by atoms with Crippen molar-refractivity contribution in [1.82, 2.24) is 4.98 Å². The van der Waals surface area contributed by atoms with Crippen molar-refractivity contribution >= 4 is 23.3 Å². The molecule has 2 aromatic carbocycles. The van der Waals surface area contributed by atoms with Gasteiger partial charge in [-0.2, -0.15) is 0 Å². The molecule has 0 spiro atoms. The van der Waals surface area contributed by atoms with Crippen molar-refractivity contribution in [2.75, 3.05) is 19.1 Å². The monoisotopic (exact) mass is 416 g/mol. The van der Waals surface area contributed by atoms with Gasteiger partial charge in [-0.25, -0.2) is 4.98 Å². The van der Waals surface area contributed by atoms with Gasteiger partial charge in [0.25, 0.3) is 5.78 Å². The number of hydrogen-bond donors (Lipinski definition) is 1. The van der Waals surface area contributed by atoms with Crippen LogP contribution in [-0.4, -0.2) is 36.0 Å². The third-order valence-electron chi connectivity index (χ3n) is 5.12. The Morgan fingerprint density at radius 2 is 1.71 bits per heavy atom. The van der Waals surface area contributed by atoms with Gasteiger partial charge in [0, 0.05) is 23.4 Å². The highest BCUT2D eigenvalue weighted by Crippen LogP contribution is 2.45. The number of pyridine rings is 1. The first kappa shape index (κ1) is 20.2. The summed E-state index contributed by atoms with van der Waals surface area (Å²) in [5.41, 5.74) is 0.912. The Morgan fingerprint density at radius 3 is 2.35 bits per heavy atom. The molecule has 3 aromatic rings. The number of carbonyl (C=O) groups is 2. The van der Waals surface area contributed by atoms with E-state index in [0.717, 1.165) is 0 Å². The van der Waals surface area contributed by atoms with Crippen molar-refractivity contribution in [3.05, 3.63) is 89.6 Å². The number of aliphatic hydroxyl groups excluding tert-OH is 1. The SMILES string of the molecule is COc1ccc([C@H]2/C(=C(\O)c3ccccc3)C(=O)C(=O)N2c2ccccn2)c(OC)c1. The molecule has 4 rings (SSSR count). The number of ketones is 1. The van der Waals surface area contributed by atoms with Crippen LogP contribution in [0.15, 0.2) is 78.5 Å². The van der Waals surface area contributed by atoms with E-state index in [9.17, 15) is 14.7 Å². The molecule has 1 saturated heterocycles. The van der Waals surface area contributed by atoms with Gasteiger partial charge < -0.3 is 14.6 Å². The highest BCUT2D eigenvalue weighted by atomic mass is 16.5. The van der Waals surface area contributed by atoms with Crippen molar-refractivity contribution in [2.45, 2.75) is 6.04 Å². The Morgan fingerprint density at radius 1 is 0.968 bits per heavy atom. The number of hydrogen-bond acceptors (Lipinski definition) is 6. The summed E-state index contributed by atoms with van der Waals surface area (Å²) in [5, 5.41) is 11.1. The minimum atomic E-state index is -0.934. The Hall–Kier alpha value is -4.13. The second kappa shape index (κ2) is 8.31. The molecule has 0 aliphatic carbocycles. The molecule has 1 amide bonds. The van der Waals surface area contributed by atoms with E-state index in [1.165, 1.54) is 25.3 Å². The zero-order valence-corrected chi connectivity index (χ0v) is 17.0. The van der Waals surface area contributed by atoms with E-state index in [-0.39, 0.29) is 11.3 Å².